The van der Waals surface area contributed by atoms with E-state index < -0.39 is 0 Å². The second kappa shape index (κ2) is 4.07. The molecule has 0 aromatic carbocycles. The number of aromatic nitrogens is 2. The number of fused-ring (bicyclic) bond motifs is 1. The monoisotopic (exact) mass is 249 g/mol. The molecule has 0 saturated heterocycles. The van der Waals surface area contributed by atoms with Crippen LogP contribution in [0.1, 0.15) is 50.4 Å². The number of rotatable bonds is 2. The minimum absolute atomic E-state index is 0.000179. The van der Waals surface area contributed by atoms with Crippen molar-refractivity contribution in [1.82, 2.24) is 15.1 Å². The molecule has 3 unspecified atom stereocenters. The molecule has 0 spiro atoms. The highest BCUT2D eigenvalue weighted by Gasteiger charge is 2.48. The van der Waals surface area contributed by atoms with Gasteiger partial charge in [0, 0.05) is 35.8 Å². The van der Waals surface area contributed by atoms with Gasteiger partial charge in [0.25, 0.3) is 0 Å². The topological polar surface area (TPSA) is 50.1 Å². The summed E-state index contributed by atoms with van der Waals surface area (Å²) in [6, 6.07) is 0.836. The first-order chi connectivity index (χ1) is 8.50. The lowest BCUT2D eigenvalue weighted by Crippen LogP contribution is -2.60. The zero-order chi connectivity index (χ0) is 12.9. The van der Waals surface area contributed by atoms with Gasteiger partial charge in [-0.1, -0.05) is 13.8 Å². The molecule has 3 rings (SSSR count). The van der Waals surface area contributed by atoms with Gasteiger partial charge in [-0.05, 0) is 25.7 Å². The van der Waals surface area contributed by atoms with Gasteiger partial charge in [0.2, 0.25) is 0 Å². The van der Waals surface area contributed by atoms with Crippen molar-refractivity contribution in [3.8, 4) is 0 Å². The molecular formula is C14H23N3O. The van der Waals surface area contributed by atoms with Crippen molar-refractivity contribution in [1.29, 1.82) is 0 Å². The summed E-state index contributed by atoms with van der Waals surface area (Å²) in [5.41, 5.74) is 2.73. The average molecular weight is 249 g/mol. The van der Waals surface area contributed by atoms with Gasteiger partial charge in [0.05, 0.1) is 12.3 Å². The lowest BCUT2D eigenvalue weighted by Gasteiger charge is -2.51. The first kappa shape index (κ1) is 12.2. The Bertz CT molecular complexity index is 452. The first-order valence-corrected chi connectivity index (χ1v) is 6.95. The van der Waals surface area contributed by atoms with Crippen LogP contribution in [0, 0.1) is 5.41 Å². The second-order valence-corrected chi connectivity index (χ2v) is 6.41. The predicted octanol–water partition coefficient (Wildman–Crippen LogP) is 1.55. The van der Waals surface area contributed by atoms with Gasteiger partial charge in [0.15, 0.2) is 0 Å². The molecule has 0 bridgehead atoms. The number of aryl methyl sites for hydroxylation is 1. The molecule has 0 amide bonds. The number of nitrogens with one attached hydrogen (secondary N) is 1. The molecule has 2 N–H and O–H groups in total. The zero-order valence-corrected chi connectivity index (χ0v) is 11.5. The minimum atomic E-state index is -0.160. The van der Waals surface area contributed by atoms with Gasteiger partial charge in [-0.3, -0.25) is 4.68 Å². The number of aliphatic hydroxyl groups is 1. The molecule has 1 aromatic heterocycles. The van der Waals surface area contributed by atoms with Crippen molar-refractivity contribution < 1.29 is 5.11 Å². The summed E-state index contributed by atoms with van der Waals surface area (Å²) in [6.07, 6.45) is 6.27. The van der Waals surface area contributed by atoms with Crippen molar-refractivity contribution in [3.63, 3.8) is 0 Å². The molecule has 3 atom stereocenters. The largest absolute Gasteiger partial charge is 0.392 e. The summed E-state index contributed by atoms with van der Waals surface area (Å²) in [6.45, 7) is 4.29. The fourth-order valence-corrected chi connectivity index (χ4v) is 3.31. The number of hydrogen-bond donors (Lipinski definition) is 2. The van der Waals surface area contributed by atoms with Crippen LogP contribution in [0.25, 0.3) is 0 Å². The highest BCUT2D eigenvalue weighted by atomic mass is 16.3. The summed E-state index contributed by atoms with van der Waals surface area (Å²) in [5, 5.41) is 17.9. The Morgan fingerprint density at radius 1 is 1.50 bits per heavy atom. The van der Waals surface area contributed by atoms with E-state index in [4.69, 9.17) is 0 Å². The third-order valence-electron chi connectivity index (χ3n) is 4.99. The van der Waals surface area contributed by atoms with Crippen LogP contribution < -0.4 is 5.32 Å². The molecule has 4 nitrogen and oxygen atoms in total. The Morgan fingerprint density at radius 2 is 2.28 bits per heavy atom. The Labute approximate surface area is 108 Å². The van der Waals surface area contributed by atoms with E-state index in [1.165, 1.54) is 24.1 Å². The van der Waals surface area contributed by atoms with E-state index in [-0.39, 0.29) is 11.5 Å². The van der Waals surface area contributed by atoms with E-state index in [1.54, 1.807) is 0 Å². The van der Waals surface area contributed by atoms with Crippen LogP contribution in [-0.4, -0.2) is 27.0 Å². The summed E-state index contributed by atoms with van der Waals surface area (Å²) in [4.78, 5) is 0. The van der Waals surface area contributed by atoms with Gasteiger partial charge >= 0.3 is 0 Å². The lowest BCUT2D eigenvalue weighted by atomic mass is 9.64. The standard InChI is InChI=1S/C14H23N3O/c1-14(2)12(7-13(14)18)16-10-5-4-6-11-9(10)8-15-17(11)3/h8,10,12-13,16,18H,4-7H2,1-3H3. The molecule has 2 aliphatic carbocycles. The second-order valence-electron chi connectivity index (χ2n) is 6.41. The van der Waals surface area contributed by atoms with Crippen LogP contribution >= 0.6 is 0 Å². The van der Waals surface area contributed by atoms with Gasteiger partial charge in [-0.25, -0.2) is 0 Å². The van der Waals surface area contributed by atoms with E-state index >= 15 is 0 Å². The maximum absolute atomic E-state index is 9.82. The minimum Gasteiger partial charge on any atom is -0.392 e. The molecular weight excluding hydrogens is 226 g/mol. The molecule has 4 heteroatoms. The molecule has 0 aliphatic heterocycles. The van der Waals surface area contributed by atoms with E-state index in [2.05, 4.69) is 24.3 Å². The van der Waals surface area contributed by atoms with Crippen molar-refractivity contribution in [2.45, 2.75) is 57.7 Å². The first-order valence-electron chi connectivity index (χ1n) is 6.95. The molecule has 0 radical (unpaired) electrons. The molecule has 1 heterocycles. The van der Waals surface area contributed by atoms with Crippen LogP contribution in [0.2, 0.25) is 0 Å². The molecule has 100 valence electrons. The van der Waals surface area contributed by atoms with Crippen molar-refractivity contribution in [2.24, 2.45) is 12.5 Å². The maximum atomic E-state index is 9.82. The smallest absolute Gasteiger partial charge is 0.0621 e. The average Bonchev–Trinajstić information content (AvgIpc) is 2.72. The summed E-state index contributed by atoms with van der Waals surface area (Å²) in [7, 11) is 2.03. The lowest BCUT2D eigenvalue weighted by molar-refractivity contribution is -0.0766. The molecule has 1 aromatic rings. The number of hydrogen-bond acceptors (Lipinski definition) is 3. The predicted molar refractivity (Wildman–Crippen MR) is 70.2 cm³/mol. The van der Waals surface area contributed by atoms with E-state index in [0.717, 1.165) is 12.8 Å². The fraction of sp³-hybridized carbons (Fsp3) is 0.786. The van der Waals surface area contributed by atoms with Crippen LogP contribution in [0.15, 0.2) is 6.20 Å². The van der Waals surface area contributed by atoms with Crippen LogP contribution in [-0.2, 0) is 13.5 Å². The fourth-order valence-electron chi connectivity index (χ4n) is 3.31. The van der Waals surface area contributed by atoms with Crippen LogP contribution in [0.4, 0.5) is 0 Å². The van der Waals surface area contributed by atoms with Crippen molar-refractivity contribution >= 4 is 0 Å². The highest BCUT2D eigenvalue weighted by molar-refractivity contribution is 5.25. The van der Waals surface area contributed by atoms with Crippen LogP contribution in [0.5, 0.6) is 0 Å². The third-order valence-corrected chi connectivity index (χ3v) is 4.99. The summed E-state index contributed by atoms with van der Waals surface area (Å²) >= 11 is 0. The Balaban J connectivity index is 1.76. The van der Waals surface area contributed by atoms with Crippen LogP contribution in [0.3, 0.4) is 0 Å². The Kier molecular flexibility index (Phi) is 2.75. The molecule has 2 aliphatic rings. The van der Waals surface area contributed by atoms with E-state index in [0.29, 0.717) is 12.1 Å². The summed E-state index contributed by atoms with van der Waals surface area (Å²) in [5.74, 6) is 0. The molecule has 1 saturated carbocycles. The summed E-state index contributed by atoms with van der Waals surface area (Å²) < 4.78 is 2.00. The Morgan fingerprint density at radius 3 is 2.94 bits per heavy atom. The molecule has 18 heavy (non-hydrogen) atoms. The van der Waals surface area contributed by atoms with Gasteiger partial charge < -0.3 is 10.4 Å². The Hall–Kier alpha value is -0.870. The van der Waals surface area contributed by atoms with Gasteiger partial charge in [-0.2, -0.15) is 5.10 Å². The number of aliphatic hydroxyl groups excluding tert-OH is 1. The van der Waals surface area contributed by atoms with Gasteiger partial charge in [0.1, 0.15) is 0 Å². The van der Waals surface area contributed by atoms with Gasteiger partial charge in [-0.15, -0.1) is 0 Å². The van der Waals surface area contributed by atoms with E-state index in [9.17, 15) is 5.11 Å². The SMILES string of the molecule is Cn1ncc2c1CCCC2NC1CC(O)C1(C)C. The molecule has 1 fully saturated rings. The normalized spacial score (nSPS) is 33.9. The quantitative estimate of drug-likeness (QED) is 0.836. The maximum Gasteiger partial charge on any atom is 0.0621 e. The zero-order valence-electron chi connectivity index (χ0n) is 11.5. The van der Waals surface area contributed by atoms with Crippen molar-refractivity contribution in [2.75, 3.05) is 0 Å². The van der Waals surface area contributed by atoms with E-state index in [1.807, 2.05) is 17.9 Å². The number of nitrogens with zero attached hydrogens (tertiary/aromatic N) is 2. The highest BCUT2D eigenvalue weighted by Crippen LogP contribution is 2.42. The third kappa shape index (κ3) is 1.70. The van der Waals surface area contributed by atoms with Crippen molar-refractivity contribution in [3.05, 3.63) is 17.5 Å².